The highest BCUT2D eigenvalue weighted by molar-refractivity contribution is 6.32. The van der Waals surface area contributed by atoms with Crippen LogP contribution in [0.5, 0.6) is 17.4 Å². The summed E-state index contributed by atoms with van der Waals surface area (Å²) in [5.41, 5.74) is 0.865. The van der Waals surface area contributed by atoms with Crippen molar-refractivity contribution >= 4 is 40.0 Å². The second kappa shape index (κ2) is 12.2. The van der Waals surface area contributed by atoms with Crippen LogP contribution >= 0.6 is 11.6 Å². The first-order chi connectivity index (χ1) is 20.2. The highest BCUT2D eigenvalue weighted by Crippen LogP contribution is 2.49. The lowest BCUT2D eigenvalue weighted by molar-refractivity contribution is -0.133. The van der Waals surface area contributed by atoms with Crippen LogP contribution < -0.4 is 14.8 Å². The van der Waals surface area contributed by atoms with E-state index in [9.17, 15) is 18.8 Å². The zero-order valence-electron chi connectivity index (χ0n) is 22.7. The molecule has 1 saturated carbocycles. The van der Waals surface area contributed by atoms with Gasteiger partial charge >= 0.3 is 0 Å². The largest absolute Gasteiger partial charge is 0.490 e. The van der Waals surface area contributed by atoms with Crippen LogP contribution in [0.2, 0.25) is 5.02 Å². The molecule has 0 atom stereocenters. The SMILES string of the molecule is CNC(=O)c1cc2c(Oc3ncc(CC(=O)C4(C(=O)Cc5ccc(F)cc5)CC4)cc3Cl)ccnc2cc1OCCO. The van der Waals surface area contributed by atoms with Gasteiger partial charge in [-0.1, -0.05) is 23.7 Å². The van der Waals surface area contributed by atoms with Gasteiger partial charge in [-0.2, -0.15) is 0 Å². The number of aromatic nitrogens is 2. The summed E-state index contributed by atoms with van der Waals surface area (Å²) in [7, 11) is 1.49. The fraction of sp³-hybridized carbons (Fsp3) is 0.258. The molecule has 2 N–H and O–H groups in total. The number of aliphatic hydroxyl groups excluding tert-OH is 1. The van der Waals surface area contributed by atoms with Gasteiger partial charge in [-0.05, 0) is 54.3 Å². The molecule has 0 spiro atoms. The van der Waals surface area contributed by atoms with Gasteiger partial charge in [0.1, 0.15) is 28.9 Å². The zero-order chi connectivity index (χ0) is 29.9. The first-order valence-electron chi connectivity index (χ1n) is 13.3. The van der Waals surface area contributed by atoms with Crippen molar-refractivity contribution in [2.45, 2.75) is 25.7 Å². The van der Waals surface area contributed by atoms with Crippen LogP contribution in [0.1, 0.15) is 34.3 Å². The van der Waals surface area contributed by atoms with Gasteiger partial charge in [0.05, 0.1) is 23.1 Å². The number of hydrogen-bond donors (Lipinski definition) is 2. The fourth-order valence-corrected chi connectivity index (χ4v) is 4.94. The predicted octanol–water partition coefficient (Wildman–Crippen LogP) is 4.65. The maximum atomic E-state index is 13.2. The summed E-state index contributed by atoms with van der Waals surface area (Å²) in [4.78, 5) is 47.3. The van der Waals surface area contributed by atoms with Crippen molar-refractivity contribution in [3.05, 3.63) is 88.5 Å². The Hall–Kier alpha value is -4.41. The van der Waals surface area contributed by atoms with Crippen molar-refractivity contribution in [1.82, 2.24) is 15.3 Å². The van der Waals surface area contributed by atoms with E-state index in [1.54, 1.807) is 36.4 Å². The first kappa shape index (κ1) is 29.1. The molecule has 0 saturated heterocycles. The zero-order valence-corrected chi connectivity index (χ0v) is 23.4. The van der Waals surface area contributed by atoms with Gasteiger partial charge in [-0.3, -0.25) is 19.4 Å². The minimum absolute atomic E-state index is 0.00357. The molecule has 42 heavy (non-hydrogen) atoms. The van der Waals surface area contributed by atoms with E-state index in [4.69, 9.17) is 26.2 Å². The number of ether oxygens (including phenoxy) is 2. The predicted molar refractivity (Wildman–Crippen MR) is 153 cm³/mol. The van der Waals surface area contributed by atoms with Crippen LogP contribution in [0.25, 0.3) is 10.9 Å². The van der Waals surface area contributed by atoms with E-state index in [1.807, 2.05) is 0 Å². The Bertz CT molecular complexity index is 1670. The normalized spacial score (nSPS) is 13.4. The molecular formula is C31H27ClFN3O6. The molecule has 1 amide bonds. The molecule has 1 fully saturated rings. The Morgan fingerprint density at radius 2 is 1.71 bits per heavy atom. The Labute approximate surface area is 245 Å². The number of fused-ring (bicyclic) bond motifs is 1. The number of amides is 1. The molecule has 4 aromatic rings. The molecule has 2 heterocycles. The molecule has 2 aromatic carbocycles. The van der Waals surface area contributed by atoms with Gasteiger partial charge in [-0.15, -0.1) is 0 Å². The average Bonchev–Trinajstić information content (AvgIpc) is 3.80. The summed E-state index contributed by atoms with van der Waals surface area (Å²) in [6, 6.07) is 12.0. The Morgan fingerprint density at radius 1 is 1.00 bits per heavy atom. The topological polar surface area (TPSA) is 128 Å². The summed E-state index contributed by atoms with van der Waals surface area (Å²) in [6.45, 7) is -0.218. The number of carbonyl (C=O) groups excluding carboxylic acids is 3. The number of nitrogens with zero attached hydrogens (tertiary/aromatic N) is 2. The third kappa shape index (κ3) is 6.09. The number of nitrogens with one attached hydrogen (secondary N) is 1. The van der Waals surface area contributed by atoms with Crippen molar-refractivity contribution in [2.75, 3.05) is 20.3 Å². The average molecular weight is 592 g/mol. The number of carbonyl (C=O) groups is 3. The summed E-state index contributed by atoms with van der Waals surface area (Å²) < 4.78 is 24.7. The number of benzene rings is 2. The molecule has 9 nitrogen and oxygen atoms in total. The second-order valence-corrected chi connectivity index (χ2v) is 10.4. The van der Waals surface area contributed by atoms with E-state index in [1.165, 1.54) is 31.6 Å². The molecule has 0 aliphatic heterocycles. The third-order valence-corrected chi connectivity index (χ3v) is 7.43. The van der Waals surface area contributed by atoms with Crippen molar-refractivity contribution in [3.63, 3.8) is 0 Å². The van der Waals surface area contributed by atoms with E-state index in [0.717, 1.165) is 0 Å². The molecular weight excluding hydrogens is 565 g/mol. The lowest BCUT2D eigenvalue weighted by atomic mass is 9.88. The molecule has 216 valence electrons. The molecule has 2 aromatic heterocycles. The number of ketones is 2. The standard InChI is InChI=1S/C31H27ClFN3O6/c1-34-29(40)22-15-21-24(16-26(22)41-11-10-37)35-9-6-25(21)42-30-23(32)12-19(17-36-30)14-28(39)31(7-8-31)27(38)13-18-2-4-20(33)5-3-18/h2-6,9,12,15-17,37H,7-8,10-11,13-14H2,1H3,(H,34,40). The van der Waals surface area contributed by atoms with E-state index in [-0.39, 0.29) is 65.7 Å². The monoisotopic (exact) mass is 591 g/mol. The second-order valence-electron chi connectivity index (χ2n) is 9.97. The quantitative estimate of drug-likeness (QED) is 0.228. The van der Waals surface area contributed by atoms with Crippen LogP contribution in [0.15, 0.2) is 60.9 Å². The number of aliphatic hydroxyl groups is 1. The van der Waals surface area contributed by atoms with Crippen LogP contribution in [-0.2, 0) is 22.4 Å². The minimum atomic E-state index is -1.03. The van der Waals surface area contributed by atoms with E-state index >= 15 is 0 Å². The van der Waals surface area contributed by atoms with Gasteiger partial charge in [0.15, 0.2) is 11.6 Å². The highest BCUT2D eigenvalue weighted by Gasteiger charge is 2.54. The van der Waals surface area contributed by atoms with E-state index < -0.39 is 11.3 Å². The Morgan fingerprint density at radius 3 is 2.36 bits per heavy atom. The van der Waals surface area contributed by atoms with Crippen molar-refractivity contribution < 1.29 is 33.4 Å². The summed E-state index contributed by atoms with van der Waals surface area (Å²) in [6.07, 6.45) is 3.99. The molecule has 0 bridgehead atoms. The van der Waals surface area contributed by atoms with E-state index in [2.05, 4.69) is 15.3 Å². The smallest absolute Gasteiger partial charge is 0.254 e. The molecule has 1 aliphatic carbocycles. The highest BCUT2D eigenvalue weighted by atomic mass is 35.5. The first-order valence-corrected chi connectivity index (χ1v) is 13.6. The van der Waals surface area contributed by atoms with Crippen molar-refractivity contribution in [3.8, 4) is 17.4 Å². The number of rotatable bonds is 12. The van der Waals surface area contributed by atoms with Crippen LogP contribution in [0.4, 0.5) is 4.39 Å². The molecule has 0 unspecified atom stereocenters. The molecule has 1 aliphatic rings. The maximum Gasteiger partial charge on any atom is 0.254 e. The van der Waals surface area contributed by atoms with Gasteiger partial charge < -0.3 is 19.9 Å². The summed E-state index contributed by atoms with van der Waals surface area (Å²) in [5.74, 6) is -0.490. The molecule has 5 rings (SSSR count). The number of Topliss-reactive ketones (excluding diaryl/α,β-unsaturated/α-hetero) is 2. The Balaban J connectivity index is 1.33. The van der Waals surface area contributed by atoms with Gasteiger partial charge in [0, 0.05) is 43.7 Å². The van der Waals surface area contributed by atoms with Gasteiger partial charge in [0.25, 0.3) is 5.91 Å². The lowest BCUT2D eigenvalue weighted by Gasteiger charge is -2.15. The van der Waals surface area contributed by atoms with Crippen LogP contribution in [-0.4, -0.2) is 52.8 Å². The molecule has 0 radical (unpaired) electrons. The maximum absolute atomic E-state index is 13.2. The van der Waals surface area contributed by atoms with Crippen molar-refractivity contribution in [1.29, 1.82) is 0 Å². The number of hydrogen-bond acceptors (Lipinski definition) is 8. The van der Waals surface area contributed by atoms with Gasteiger partial charge in [-0.25, -0.2) is 9.37 Å². The minimum Gasteiger partial charge on any atom is -0.490 e. The lowest BCUT2D eigenvalue weighted by Crippen LogP contribution is -2.29. The van der Waals surface area contributed by atoms with Crippen LogP contribution in [0.3, 0.4) is 0 Å². The van der Waals surface area contributed by atoms with Crippen molar-refractivity contribution in [2.24, 2.45) is 5.41 Å². The number of halogens is 2. The summed E-state index contributed by atoms with van der Waals surface area (Å²) >= 11 is 6.49. The molecule has 11 heteroatoms. The fourth-order valence-electron chi connectivity index (χ4n) is 4.71. The van der Waals surface area contributed by atoms with Crippen LogP contribution in [0, 0.1) is 11.2 Å². The Kier molecular flexibility index (Phi) is 8.46. The van der Waals surface area contributed by atoms with E-state index in [0.29, 0.717) is 40.6 Å². The third-order valence-electron chi connectivity index (χ3n) is 7.15. The number of pyridine rings is 2. The summed E-state index contributed by atoms with van der Waals surface area (Å²) in [5, 5.41) is 12.3. The van der Waals surface area contributed by atoms with Gasteiger partial charge in [0.2, 0.25) is 5.88 Å².